The molecule has 0 aliphatic heterocycles. The number of carbonyl (C=O) groups excluding carboxylic acids is 1. The van der Waals surface area contributed by atoms with Crippen LogP contribution in [0.25, 0.3) is 6.08 Å². The van der Waals surface area contributed by atoms with Gasteiger partial charge in [-0.05, 0) is 13.0 Å². The molecule has 0 saturated heterocycles. The number of allylic oxidation sites excluding steroid dienone is 1. The van der Waals surface area contributed by atoms with E-state index in [1.165, 1.54) is 11.6 Å². The molecule has 15 heavy (non-hydrogen) atoms. The second kappa shape index (κ2) is 3.31. The van der Waals surface area contributed by atoms with Gasteiger partial charge in [0.2, 0.25) is 0 Å². The van der Waals surface area contributed by atoms with Crippen LogP contribution >= 0.6 is 11.6 Å². The van der Waals surface area contributed by atoms with Crippen LogP contribution in [0, 0.1) is 0 Å². The zero-order chi connectivity index (χ0) is 11.2. The highest BCUT2D eigenvalue weighted by atomic mass is 35.5. The molecule has 0 saturated carbocycles. The van der Waals surface area contributed by atoms with Gasteiger partial charge in [0.25, 0.3) is 5.56 Å². The highest BCUT2D eigenvalue weighted by Gasteiger charge is 2.22. The van der Waals surface area contributed by atoms with Crippen LogP contribution in [0.15, 0.2) is 10.4 Å². The Balaban J connectivity index is 2.65. The van der Waals surface area contributed by atoms with Crippen molar-refractivity contribution in [3.05, 3.63) is 32.2 Å². The first-order valence-electron chi connectivity index (χ1n) is 4.48. The summed E-state index contributed by atoms with van der Waals surface area (Å²) >= 11 is 5.89. The lowest BCUT2D eigenvalue weighted by Gasteiger charge is -2.02. The first-order valence-corrected chi connectivity index (χ1v) is 4.85. The van der Waals surface area contributed by atoms with E-state index in [4.69, 9.17) is 11.6 Å². The number of aryl methyl sites for hydroxylation is 1. The van der Waals surface area contributed by atoms with Crippen LogP contribution in [0.2, 0.25) is 5.15 Å². The van der Waals surface area contributed by atoms with Gasteiger partial charge in [-0.25, -0.2) is 4.68 Å². The number of nitrogens with zero attached hydrogens (tertiary/aromatic N) is 2. The summed E-state index contributed by atoms with van der Waals surface area (Å²) in [5, 5.41) is 4.12. The highest BCUT2D eigenvalue weighted by Crippen LogP contribution is 2.27. The fourth-order valence-electron chi connectivity index (χ4n) is 1.63. The van der Waals surface area contributed by atoms with E-state index in [-0.39, 0.29) is 16.5 Å². The van der Waals surface area contributed by atoms with Gasteiger partial charge in [-0.15, -0.1) is 0 Å². The van der Waals surface area contributed by atoms with Crippen molar-refractivity contribution in [3.8, 4) is 0 Å². The lowest BCUT2D eigenvalue weighted by molar-refractivity contribution is -0.113. The van der Waals surface area contributed by atoms with Crippen LogP contribution in [0.4, 0.5) is 0 Å². The molecule has 0 spiro atoms. The minimum Gasteiger partial charge on any atom is -0.295 e. The number of Topliss-reactive ketones (excluding diaryl/α,β-unsaturated/α-hetero) is 1. The quantitative estimate of drug-likeness (QED) is 0.714. The second-order valence-corrected chi connectivity index (χ2v) is 3.87. The molecule has 2 rings (SSSR count). The zero-order valence-electron chi connectivity index (χ0n) is 8.37. The molecule has 0 N–H and O–H groups in total. The summed E-state index contributed by atoms with van der Waals surface area (Å²) in [5.74, 6) is -0.0377. The number of carbonyl (C=O) groups is 1. The van der Waals surface area contributed by atoms with Crippen molar-refractivity contribution in [1.29, 1.82) is 0 Å². The standard InChI is InChI=1S/C10H9ClN2O2/c1-5(14)6-3-7-8(4-6)10(15)13(2)12-9(7)11/h3H,4H2,1-2H3. The summed E-state index contributed by atoms with van der Waals surface area (Å²) in [6.45, 7) is 1.48. The van der Waals surface area contributed by atoms with Gasteiger partial charge in [-0.1, -0.05) is 11.6 Å². The molecule has 0 amide bonds. The van der Waals surface area contributed by atoms with Crippen LogP contribution in [0.1, 0.15) is 18.1 Å². The molecule has 4 nitrogen and oxygen atoms in total. The van der Waals surface area contributed by atoms with E-state index in [1.807, 2.05) is 0 Å². The number of aromatic nitrogens is 2. The maximum Gasteiger partial charge on any atom is 0.270 e. The fraction of sp³-hybridized carbons (Fsp3) is 0.300. The Morgan fingerprint density at radius 1 is 1.60 bits per heavy atom. The fourth-order valence-corrected chi connectivity index (χ4v) is 1.91. The summed E-state index contributed by atoms with van der Waals surface area (Å²) in [6, 6.07) is 0. The number of ketones is 1. The van der Waals surface area contributed by atoms with E-state index in [1.54, 1.807) is 13.1 Å². The third-order valence-electron chi connectivity index (χ3n) is 2.48. The molecule has 0 unspecified atom stereocenters. The van der Waals surface area contributed by atoms with Crippen LogP contribution in [0.5, 0.6) is 0 Å². The van der Waals surface area contributed by atoms with Crippen LogP contribution in [-0.4, -0.2) is 15.6 Å². The third kappa shape index (κ3) is 1.51. The van der Waals surface area contributed by atoms with Crippen LogP contribution in [-0.2, 0) is 18.3 Å². The Kier molecular flexibility index (Phi) is 2.23. The van der Waals surface area contributed by atoms with Crippen molar-refractivity contribution >= 4 is 23.5 Å². The molecular weight excluding hydrogens is 216 g/mol. The van der Waals surface area contributed by atoms with Gasteiger partial charge >= 0.3 is 0 Å². The van der Waals surface area contributed by atoms with Crippen molar-refractivity contribution in [2.75, 3.05) is 0 Å². The van der Waals surface area contributed by atoms with Gasteiger partial charge in [-0.3, -0.25) is 9.59 Å². The Hall–Kier alpha value is -1.42. The molecular formula is C10H9ClN2O2. The van der Waals surface area contributed by atoms with Gasteiger partial charge in [0.15, 0.2) is 10.9 Å². The molecule has 1 heterocycles. The van der Waals surface area contributed by atoms with Crippen molar-refractivity contribution in [2.45, 2.75) is 13.3 Å². The Morgan fingerprint density at radius 3 is 2.87 bits per heavy atom. The SMILES string of the molecule is CC(=O)C1=Cc2c(Cl)nn(C)c(=O)c2C1. The van der Waals surface area contributed by atoms with E-state index in [2.05, 4.69) is 5.10 Å². The van der Waals surface area contributed by atoms with Crippen LogP contribution in [0.3, 0.4) is 0 Å². The predicted molar refractivity (Wildman–Crippen MR) is 56.9 cm³/mol. The molecule has 1 aliphatic carbocycles. The van der Waals surface area contributed by atoms with E-state index in [0.29, 0.717) is 23.1 Å². The first kappa shape index (κ1) is 10.1. The Bertz CT molecular complexity index is 543. The van der Waals surface area contributed by atoms with Gasteiger partial charge in [0.05, 0.1) is 0 Å². The van der Waals surface area contributed by atoms with Crippen molar-refractivity contribution in [1.82, 2.24) is 9.78 Å². The summed E-state index contributed by atoms with van der Waals surface area (Å²) in [7, 11) is 1.54. The monoisotopic (exact) mass is 224 g/mol. The van der Waals surface area contributed by atoms with E-state index >= 15 is 0 Å². The minimum atomic E-state index is -0.193. The molecule has 0 fully saturated rings. The first-order chi connectivity index (χ1) is 7.00. The normalized spacial score (nSPS) is 13.7. The predicted octanol–water partition coefficient (Wildman–Crippen LogP) is 0.962. The minimum absolute atomic E-state index is 0.0377. The second-order valence-electron chi connectivity index (χ2n) is 3.51. The lowest BCUT2D eigenvalue weighted by Crippen LogP contribution is -2.24. The Morgan fingerprint density at radius 2 is 2.27 bits per heavy atom. The number of halogens is 1. The van der Waals surface area contributed by atoms with Gasteiger partial charge in [0, 0.05) is 30.2 Å². The summed E-state index contributed by atoms with van der Waals surface area (Å²) < 4.78 is 1.19. The largest absolute Gasteiger partial charge is 0.295 e. The number of hydrogen-bond donors (Lipinski definition) is 0. The zero-order valence-corrected chi connectivity index (χ0v) is 9.13. The average Bonchev–Trinajstić information content (AvgIpc) is 2.59. The molecule has 0 bridgehead atoms. The van der Waals surface area contributed by atoms with Crippen molar-refractivity contribution < 1.29 is 4.79 Å². The van der Waals surface area contributed by atoms with E-state index < -0.39 is 0 Å². The topological polar surface area (TPSA) is 52.0 Å². The molecule has 0 atom stereocenters. The molecule has 1 aliphatic rings. The van der Waals surface area contributed by atoms with E-state index in [0.717, 1.165) is 0 Å². The molecule has 5 heteroatoms. The Labute approximate surface area is 91.2 Å². The van der Waals surface area contributed by atoms with Gasteiger partial charge in [-0.2, -0.15) is 5.10 Å². The number of hydrogen-bond acceptors (Lipinski definition) is 3. The number of fused-ring (bicyclic) bond motifs is 1. The highest BCUT2D eigenvalue weighted by molar-refractivity contribution is 6.31. The lowest BCUT2D eigenvalue weighted by atomic mass is 10.1. The maximum atomic E-state index is 11.7. The smallest absolute Gasteiger partial charge is 0.270 e. The van der Waals surface area contributed by atoms with Crippen LogP contribution < -0.4 is 5.56 Å². The summed E-state index contributed by atoms with van der Waals surface area (Å²) in [4.78, 5) is 22.9. The van der Waals surface area contributed by atoms with E-state index in [9.17, 15) is 9.59 Å². The van der Waals surface area contributed by atoms with Crippen molar-refractivity contribution in [2.24, 2.45) is 7.05 Å². The van der Waals surface area contributed by atoms with Gasteiger partial charge < -0.3 is 0 Å². The summed E-state index contributed by atoms with van der Waals surface area (Å²) in [5.41, 5.74) is 1.56. The molecule has 0 aromatic carbocycles. The molecule has 1 aromatic heterocycles. The third-order valence-corrected chi connectivity index (χ3v) is 2.75. The van der Waals surface area contributed by atoms with Crippen molar-refractivity contribution in [3.63, 3.8) is 0 Å². The maximum absolute atomic E-state index is 11.7. The summed E-state index contributed by atoms with van der Waals surface area (Å²) in [6.07, 6.45) is 2.01. The number of rotatable bonds is 1. The van der Waals surface area contributed by atoms with Gasteiger partial charge in [0.1, 0.15) is 0 Å². The molecule has 1 aromatic rings. The molecule has 78 valence electrons. The molecule has 0 radical (unpaired) electrons. The average molecular weight is 225 g/mol.